The second-order valence-corrected chi connectivity index (χ2v) is 4.71. The van der Waals surface area contributed by atoms with Crippen molar-refractivity contribution in [3.63, 3.8) is 0 Å². The molecule has 0 fully saturated rings. The second-order valence-electron chi connectivity index (χ2n) is 3.39. The Labute approximate surface area is 96.0 Å². The fourth-order valence-electron chi connectivity index (χ4n) is 1.25. The number of hydrogen-bond donors (Lipinski definition) is 1. The molecule has 1 atom stereocenters. The molecule has 1 unspecified atom stereocenters. The minimum absolute atomic E-state index is 0.287. The summed E-state index contributed by atoms with van der Waals surface area (Å²) in [6, 6.07) is 10.2. The number of nitrogens with two attached hydrogens (primary N) is 1. The third kappa shape index (κ3) is 4.38. The lowest BCUT2D eigenvalue weighted by Crippen LogP contribution is -2.17. The van der Waals surface area contributed by atoms with E-state index in [1.165, 1.54) is 0 Å². The van der Waals surface area contributed by atoms with Crippen LogP contribution in [0.1, 0.15) is 19.4 Å². The summed E-state index contributed by atoms with van der Waals surface area (Å²) in [6.45, 7) is 4.25. The number of rotatable bonds is 5. The van der Waals surface area contributed by atoms with Crippen molar-refractivity contribution in [1.29, 1.82) is 0 Å². The quantitative estimate of drug-likeness (QED) is 0.614. The maximum atomic E-state index is 5.91. The van der Waals surface area contributed by atoms with E-state index in [2.05, 4.69) is 18.8 Å². The standard InChI is InChI=1S/C12H18N2S/c1-3-15-9-10(2)14-12(13)11-7-5-4-6-8-11/h4-8,10H,3,9H2,1-2H3,(H2,13,14). The minimum atomic E-state index is 0.287. The van der Waals surface area contributed by atoms with Crippen LogP contribution in [0.5, 0.6) is 0 Å². The Morgan fingerprint density at radius 2 is 2.07 bits per heavy atom. The molecule has 0 amide bonds. The van der Waals surface area contributed by atoms with Gasteiger partial charge in [-0.3, -0.25) is 4.99 Å². The summed E-state index contributed by atoms with van der Waals surface area (Å²) in [6.07, 6.45) is 0. The van der Waals surface area contributed by atoms with Crippen LogP contribution < -0.4 is 5.73 Å². The largest absolute Gasteiger partial charge is 0.383 e. The number of thioether (sulfide) groups is 1. The van der Waals surface area contributed by atoms with Gasteiger partial charge in [0, 0.05) is 11.3 Å². The number of nitrogens with zero attached hydrogens (tertiary/aromatic N) is 1. The van der Waals surface area contributed by atoms with E-state index >= 15 is 0 Å². The maximum Gasteiger partial charge on any atom is 0.125 e. The van der Waals surface area contributed by atoms with Gasteiger partial charge < -0.3 is 5.73 Å². The number of hydrogen-bond acceptors (Lipinski definition) is 2. The first kappa shape index (κ1) is 12.1. The topological polar surface area (TPSA) is 38.4 Å². The predicted octanol–water partition coefficient (Wildman–Crippen LogP) is 2.53. The van der Waals surface area contributed by atoms with Crippen molar-refractivity contribution < 1.29 is 0 Å². The molecule has 0 aromatic heterocycles. The summed E-state index contributed by atoms with van der Waals surface area (Å²) in [5.41, 5.74) is 6.91. The van der Waals surface area contributed by atoms with Gasteiger partial charge in [0.25, 0.3) is 0 Å². The molecule has 15 heavy (non-hydrogen) atoms. The van der Waals surface area contributed by atoms with Crippen LogP contribution in [0.2, 0.25) is 0 Å². The maximum absolute atomic E-state index is 5.91. The van der Waals surface area contributed by atoms with E-state index in [0.29, 0.717) is 5.84 Å². The van der Waals surface area contributed by atoms with Crippen molar-refractivity contribution in [2.75, 3.05) is 11.5 Å². The van der Waals surface area contributed by atoms with Gasteiger partial charge in [-0.15, -0.1) is 0 Å². The summed E-state index contributed by atoms with van der Waals surface area (Å²) in [4.78, 5) is 4.46. The molecule has 1 aromatic rings. The number of aliphatic imine (C=N–C) groups is 1. The van der Waals surface area contributed by atoms with Crippen LogP contribution in [-0.4, -0.2) is 23.4 Å². The molecule has 1 rings (SSSR count). The van der Waals surface area contributed by atoms with E-state index < -0.39 is 0 Å². The highest BCUT2D eigenvalue weighted by Crippen LogP contribution is 2.06. The van der Waals surface area contributed by atoms with Gasteiger partial charge >= 0.3 is 0 Å². The predicted molar refractivity (Wildman–Crippen MR) is 69.6 cm³/mol. The lowest BCUT2D eigenvalue weighted by atomic mass is 10.2. The zero-order valence-corrected chi connectivity index (χ0v) is 10.1. The van der Waals surface area contributed by atoms with Crippen LogP contribution >= 0.6 is 11.8 Å². The molecule has 2 N–H and O–H groups in total. The molecule has 0 aliphatic carbocycles. The molecule has 0 spiro atoms. The molecule has 2 nitrogen and oxygen atoms in total. The molecular weight excluding hydrogens is 204 g/mol. The van der Waals surface area contributed by atoms with Crippen molar-refractivity contribution in [2.45, 2.75) is 19.9 Å². The molecular formula is C12H18N2S. The summed E-state index contributed by atoms with van der Waals surface area (Å²) in [7, 11) is 0. The Kier molecular flexibility index (Phi) is 5.26. The highest BCUT2D eigenvalue weighted by Gasteiger charge is 2.01. The van der Waals surface area contributed by atoms with Crippen LogP contribution in [-0.2, 0) is 0 Å². The van der Waals surface area contributed by atoms with Crippen molar-refractivity contribution in [2.24, 2.45) is 10.7 Å². The van der Waals surface area contributed by atoms with E-state index in [4.69, 9.17) is 5.73 Å². The number of amidine groups is 1. The monoisotopic (exact) mass is 222 g/mol. The lowest BCUT2D eigenvalue weighted by Gasteiger charge is -2.07. The van der Waals surface area contributed by atoms with Crippen LogP contribution in [0, 0.1) is 0 Å². The summed E-state index contributed by atoms with van der Waals surface area (Å²) in [5.74, 6) is 2.80. The minimum Gasteiger partial charge on any atom is -0.383 e. The summed E-state index contributed by atoms with van der Waals surface area (Å²) in [5, 5.41) is 0. The van der Waals surface area contributed by atoms with Crippen molar-refractivity contribution in [1.82, 2.24) is 0 Å². The molecule has 0 aliphatic heterocycles. The second kappa shape index (κ2) is 6.51. The van der Waals surface area contributed by atoms with Gasteiger partial charge in [0.2, 0.25) is 0 Å². The van der Waals surface area contributed by atoms with Crippen LogP contribution in [0.15, 0.2) is 35.3 Å². The van der Waals surface area contributed by atoms with Gasteiger partial charge in [0.1, 0.15) is 5.84 Å². The SMILES string of the molecule is CCSCC(C)N=C(N)c1ccccc1. The highest BCUT2D eigenvalue weighted by molar-refractivity contribution is 7.99. The van der Waals surface area contributed by atoms with Gasteiger partial charge in [-0.2, -0.15) is 11.8 Å². The fraction of sp³-hybridized carbons (Fsp3) is 0.417. The molecule has 0 saturated carbocycles. The normalized spacial score (nSPS) is 13.9. The van der Waals surface area contributed by atoms with Crippen molar-refractivity contribution in [3.05, 3.63) is 35.9 Å². The summed E-state index contributed by atoms with van der Waals surface area (Å²) < 4.78 is 0. The molecule has 0 heterocycles. The zero-order chi connectivity index (χ0) is 11.1. The smallest absolute Gasteiger partial charge is 0.125 e. The Morgan fingerprint density at radius 1 is 1.40 bits per heavy atom. The Morgan fingerprint density at radius 3 is 2.67 bits per heavy atom. The third-order valence-corrected chi connectivity index (χ3v) is 3.12. The molecule has 0 aliphatic rings. The van der Waals surface area contributed by atoms with Crippen LogP contribution in [0.25, 0.3) is 0 Å². The van der Waals surface area contributed by atoms with Crippen LogP contribution in [0.4, 0.5) is 0 Å². The van der Waals surface area contributed by atoms with Gasteiger partial charge in [0.05, 0.1) is 6.04 Å². The average Bonchev–Trinajstić information content (AvgIpc) is 2.27. The third-order valence-electron chi connectivity index (χ3n) is 1.99. The number of benzene rings is 1. The Hall–Kier alpha value is -0.960. The average molecular weight is 222 g/mol. The zero-order valence-electron chi connectivity index (χ0n) is 9.31. The van der Waals surface area contributed by atoms with Gasteiger partial charge in [-0.25, -0.2) is 0 Å². The highest BCUT2D eigenvalue weighted by atomic mass is 32.2. The van der Waals surface area contributed by atoms with E-state index in [1.807, 2.05) is 42.1 Å². The van der Waals surface area contributed by atoms with Crippen LogP contribution in [0.3, 0.4) is 0 Å². The van der Waals surface area contributed by atoms with Crippen molar-refractivity contribution in [3.8, 4) is 0 Å². The molecule has 0 bridgehead atoms. The van der Waals surface area contributed by atoms with E-state index in [9.17, 15) is 0 Å². The Bertz CT molecular complexity index is 309. The first-order chi connectivity index (χ1) is 7.24. The first-order valence-electron chi connectivity index (χ1n) is 5.20. The summed E-state index contributed by atoms with van der Waals surface area (Å²) >= 11 is 1.89. The van der Waals surface area contributed by atoms with E-state index in [0.717, 1.165) is 17.1 Å². The van der Waals surface area contributed by atoms with Gasteiger partial charge in [0.15, 0.2) is 0 Å². The van der Waals surface area contributed by atoms with E-state index in [1.54, 1.807) is 0 Å². The lowest BCUT2D eigenvalue weighted by molar-refractivity contribution is 0.847. The molecule has 0 saturated heterocycles. The van der Waals surface area contributed by atoms with E-state index in [-0.39, 0.29) is 6.04 Å². The molecule has 0 radical (unpaired) electrons. The van der Waals surface area contributed by atoms with Crippen molar-refractivity contribution >= 4 is 17.6 Å². The molecule has 3 heteroatoms. The fourth-order valence-corrected chi connectivity index (χ4v) is 1.90. The Balaban J connectivity index is 2.59. The van der Waals surface area contributed by atoms with Gasteiger partial charge in [-0.05, 0) is 12.7 Å². The first-order valence-corrected chi connectivity index (χ1v) is 6.36. The molecule has 1 aromatic carbocycles. The molecule has 82 valence electrons. The van der Waals surface area contributed by atoms with Gasteiger partial charge in [-0.1, -0.05) is 37.3 Å².